The van der Waals surface area contributed by atoms with E-state index in [0.29, 0.717) is 5.82 Å². The number of anilines is 1. The van der Waals surface area contributed by atoms with Crippen LogP contribution < -0.4 is 4.72 Å². The molecular weight excluding hydrogens is 382 g/mol. The summed E-state index contributed by atoms with van der Waals surface area (Å²) in [5, 5.41) is 4.69. The summed E-state index contributed by atoms with van der Waals surface area (Å²) in [5.41, 5.74) is 1.21. The number of nitrogens with one attached hydrogen (secondary N) is 1. The standard InChI is InChI=1S/C23H31N3O2S/c1-22(2,3)19-4-6-20(7-5-19)29(27,28)25-21-8-9-26(24-21)23-13-16-10-17(14-23)12-18(11-16)15-23/h4-9,16-18H,10-15H2,1-3H3,(H,24,25). The summed E-state index contributed by atoms with van der Waals surface area (Å²) in [4.78, 5) is 0.273. The van der Waals surface area contributed by atoms with E-state index >= 15 is 0 Å². The van der Waals surface area contributed by atoms with Crippen molar-refractivity contribution in [3.8, 4) is 0 Å². The van der Waals surface area contributed by atoms with Crippen LogP contribution in [0.1, 0.15) is 64.9 Å². The van der Waals surface area contributed by atoms with Crippen LogP contribution in [0.15, 0.2) is 41.4 Å². The van der Waals surface area contributed by atoms with Crippen molar-refractivity contribution in [3.05, 3.63) is 42.1 Å². The molecule has 4 aliphatic rings. The molecule has 4 fully saturated rings. The summed E-state index contributed by atoms with van der Waals surface area (Å²) in [6.45, 7) is 6.35. The first-order valence-electron chi connectivity index (χ1n) is 10.8. The lowest BCUT2D eigenvalue weighted by atomic mass is 9.53. The van der Waals surface area contributed by atoms with Gasteiger partial charge in [-0.2, -0.15) is 5.10 Å². The van der Waals surface area contributed by atoms with Crippen molar-refractivity contribution < 1.29 is 8.42 Å². The molecule has 4 saturated carbocycles. The largest absolute Gasteiger partial charge is 0.264 e. The van der Waals surface area contributed by atoms with Crippen LogP contribution in [0.25, 0.3) is 0 Å². The van der Waals surface area contributed by atoms with Crippen LogP contribution in [-0.2, 0) is 21.0 Å². The second-order valence-corrected chi connectivity index (χ2v) is 12.3. The predicted octanol–water partition coefficient (Wildman–Crippen LogP) is 4.91. The highest BCUT2D eigenvalue weighted by Gasteiger charge is 2.52. The summed E-state index contributed by atoms with van der Waals surface area (Å²) < 4.78 is 30.5. The number of sulfonamides is 1. The molecule has 2 aromatic rings. The minimum absolute atomic E-state index is 0.00758. The normalized spacial score (nSPS) is 31.2. The lowest BCUT2D eigenvalue weighted by Gasteiger charge is -2.56. The average Bonchev–Trinajstić information content (AvgIpc) is 3.09. The van der Waals surface area contributed by atoms with Gasteiger partial charge in [-0.25, -0.2) is 8.42 Å². The van der Waals surface area contributed by atoms with E-state index < -0.39 is 10.0 Å². The van der Waals surface area contributed by atoms with Crippen molar-refractivity contribution in [2.45, 2.75) is 75.1 Å². The highest BCUT2D eigenvalue weighted by molar-refractivity contribution is 7.92. The molecule has 4 aliphatic carbocycles. The Morgan fingerprint density at radius 1 is 0.966 bits per heavy atom. The summed E-state index contributed by atoms with van der Waals surface area (Å²) in [6.07, 6.45) is 9.71. The molecule has 156 valence electrons. The van der Waals surface area contributed by atoms with E-state index in [1.54, 1.807) is 18.2 Å². The van der Waals surface area contributed by atoms with Crippen molar-refractivity contribution in [1.82, 2.24) is 9.78 Å². The Bertz CT molecular complexity index is 980. The lowest BCUT2D eigenvalue weighted by Crippen LogP contribution is -2.52. The maximum absolute atomic E-state index is 12.9. The van der Waals surface area contributed by atoms with Gasteiger partial charge in [0.25, 0.3) is 10.0 Å². The van der Waals surface area contributed by atoms with E-state index in [4.69, 9.17) is 5.10 Å². The third-order valence-corrected chi connectivity index (χ3v) is 8.72. The first-order chi connectivity index (χ1) is 13.6. The minimum Gasteiger partial charge on any atom is -0.264 e. The molecule has 6 rings (SSSR count). The van der Waals surface area contributed by atoms with E-state index in [0.717, 1.165) is 23.3 Å². The van der Waals surface area contributed by atoms with Crippen molar-refractivity contribution >= 4 is 15.8 Å². The molecule has 0 amide bonds. The van der Waals surface area contributed by atoms with Crippen molar-refractivity contribution in [3.63, 3.8) is 0 Å². The van der Waals surface area contributed by atoms with Crippen molar-refractivity contribution in [1.29, 1.82) is 0 Å². The van der Waals surface area contributed by atoms with Crippen molar-refractivity contribution in [2.75, 3.05) is 4.72 Å². The SMILES string of the molecule is CC(C)(C)c1ccc(S(=O)(=O)Nc2ccn(C34CC5CC(CC(C5)C3)C4)n2)cc1. The highest BCUT2D eigenvalue weighted by Crippen LogP contribution is 2.58. The van der Waals surface area contributed by atoms with E-state index in [1.165, 1.54) is 38.5 Å². The summed E-state index contributed by atoms with van der Waals surface area (Å²) in [5.74, 6) is 2.89. The number of rotatable bonds is 4. The Morgan fingerprint density at radius 2 is 1.52 bits per heavy atom. The van der Waals surface area contributed by atoms with Gasteiger partial charge in [0.1, 0.15) is 0 Å². The molecule has 5 nitrogen and oxygen atoms in total. The van der Waals surface area contributed by atoms with Gasteiger partial charge in [-0.15, -0.1) is 0 Å². The van der Waals surface area contributed by atoms with Crippen molar-refractivity contribution in [2.24, 2.45) is 17.8 Å². The fourth-order valence-electron chi connectivity index (χ4n) is 6.32. The predicted molar refractivity (Wildman–Crippen MR) is 114 cm³/mol. The monoisotopic (exact) mass is 413 g/mol. The van der Waals surface area contributed by atoms with Crippen LogP contribution in [0, 0.1) is 17.8 Å². The molecular formula is C23H31N3O2S. The van der Waals surface area contributed by atoms with Crippen LogP contribution in [0.3, 0.4) is 0 Å². The molecule has 0 radical (unpaired) electrons. The van der Waals surface area contributed by atoms with Gasteiger partial charge in [0.05, 0.1) is 10.4 Å². The van der Waals surface area contributed by atoms with Gasteiger partial charge in [0, 0.05) is 12.3 Å². The van der Waals surface area contributed by atoms with Gasteiger partial charge in [-0.1, -0.05) is 32.9 Å². The minimum atomic E-state index is -3.64. The van der Waals surface area contributed by atoms with Gasteiger partial charge < -0.3 is 0 Å². The van der Waals surface area contributed by atoms with Crippen LogP contribution in [0.4, 0.5) is 5.82 Å². The molecule has 1 aromatic carbocycles. The van der Waals surface area contributed by atoms with Gasteiger partial charge in [0.15, 0.2) is 5.82 Å². The molecule has 0 aliphatic heterocycles. The third-order valence-electron chi connectivity index (χ3n) is 7.35. The zero-order chi connectivity index (χ0) is 20.4. The second-order valence-electron chi connectivity index (χ2n) is 10.7. The Labute approximate surface area is 173 Å². The molecule has 6 heteroatoms. The van der Waals surface area contributed by atoms with Crippen LogP contribution in [0.2, 0.25) is 0 Å². The van der Waals surface area contributed by atoms with Gasteiger partial charge in [0.2, 0.25) is 0 Å². The second kappa shape index (κ2) is 6.34. The van der Waals surface area contributed by atoms with Gasteiger partial charge in [-0.3, -0.25) is 9.40 Å². The van der Waals surface area contributed by atoms with Crippen LogP contribution in [-0.4, -0.2) is 18.2 Å². The highest BCUT2D eigenvalue weighted by atomic mass is 32.2. The maximum Gasteiger partial charge on any atom is 0.263 e. The topological polar surface area (TPSA) is 64.0 Å². The first-order valence-corrected chi connectivity index (χ1v) is 12.3. The van der Waals surface area contributed by atoms with E-state index in [2.05, 4.69) is 30.2 Å². The van der Waals surface area contributed by atoms with Crippen LogP contribution >= 0.6 is 0 Å². The summed E-state index contributed by atoms with van der Waals surface area (Å²) in [7, 11) is -3.64. The zero-order valence-corrected chi connectivity index (χ0v) is 18.4. The smallest absolute Gasteiger partial charge is 0.263 e. The molecule has 0 saturated heterocycles. The average molecular weight is 414 g/mol. The summed E-state index contributed by atoms with van der Waals surface area (Å²) >= 11 is 0. The van der Waals surface area contributed by atoms with E-state index in [-0.39, 0.29) is 15.8 Å². The Hall–Kier alpha value is -1.82. The number of aromatic nitrogens is 2. The molecule has 29 heavy (non-hydrogen) atoms. The number of hydrogen-bond acceptors (Lipinski definition) is 3. The van der Waals surface area contributed by atoms with E-state index in [9.17, 15) is 8.42 Å². The Kier molecular flexibility index (Phi) is 4.19. The number of hydrogen-bond donors (Lipinski definition) is 1. The molecule has 0 spiro atoms. The Morgan fingerprint density at radius 3 is 2.03 bits per heavy atom. The maximum atomic E-state index is 12.9. The number of benzene rings is 1. The zero-order valence-electron chi connectivity index (χ0n) is 17.6. The fourth-order valence-corrected chi connectivity index (χ4v) is 7.32. The van der Waals surface area contributed by atoms with Crippen LogP contribution in [0.5, 0.6) is 0 Å². The summed E-state index contributed by atoms with van der Waals surface area (Å²) in [6, 6.07) is 8.95. The molecule has 1 heterocycles. The lowest BCUT2D eigenvalue weighted by molar-refractivity contribution is -0.0492. The molecule has 1 N–H and O–H groups in total. The van der Waals surface area contributed by atoms with E-state index in [1.807, 2.05) is 18.3 Å². The molecule has 0 unspecified atom stereocenters. The fraction of sp³-hybridized carbons (Fsp3) is 0.609. The van der Waals surface area contributed by atoms with Gasteiger partial charge in [-0.05, 0) is 79.4 Å². The molecule has 4 bridgehead atoms. The number of nitrogens with zero attached hydrogens (tertiary/aromatic N) is 2. The molecule has 1 aromatic heterocycles. The van der Waals surface area contributed by atoms with Gasteiger partial charge >= 0.3 is 0 Å². The molecule has 0 atom stereocenters. The first kappa shape index (κ1) is 19.2. The third kappa shape index (κ3) is 3.39. The quantitative estimate of drug-likeness (QED) is 0.775. The Balaban J connectivity index is 1.36.